The average Bonchev–Trinajstić information content (AvgIpc) is 1.79. The molecular weight excluding hydrogens is 1520 g/mol. The van der Waals surface area contributed by atoms with Crippen molar-refractivity contribution < 1.29 is 8.94 Å². The van der Waals surface area contributed by atoms with Crippen LogP contribution in [0.15, 0.2) is 445 Å². The van der Waals surface area contributed by atoms with Crippen LogP contribution >= 0.6 is 34.0 Å². The Morgan fingerprint density at radius 1 is 0.410 bits per heavy atom. The molecule has 0 spiro atoms. The van der Waals surface area contributed by atoms with Gasteiger partial charge in [0.2, 0.25) is 0 Å². The number of thiazole rings is 2. The number of hydrogen-bond acceptors (Lipinski definition) is 24. The molecule has 584 valence electrons. The minimum absolute atomic E-state index is 0.887. The van der Waals surface area contributed by atoms with E-state index >= 15 is 0 Å². The van der Waals surface area contributed by atoms with Gasteiger partial charge in [-0.3, -0.25) is 40.0 Å². The van der Waals surface area contributed by atoms with Crippen molar-refractivity contribution in [2.75, 3.05) is 6.54 Å². The Bertz CT molecular complexity index is 4840. The molecule has 0 saturated heterocycles. The molecule has 0 amide bonds. The number of aliphatic imine (C=N–C) groups is 2. The summed E-state index contributed by atoms with van der Waals surface area (Å²) in [7, 11) is 0. The van der Waals surface area contributed by atoms with Crippen molar-refractivity contribution in [1.82, 2.24) is 109 Å². The summed E-state index contributed by atoms with van der Waals surface area (Å²) in [5.41, 5.74) is 9.72. The third kappa shape index (κ3) is 39.2. The molecule has 0 radical (unpaired) electrons. The zero-order valence-electron chi connectivity index (χ0n) is 63.2. The van der Waals surface area contributed by atoms with Crippen LogP contribution in [-0.2, 0) is 0 Å². The summed E-state index contributed by atoms with van der Waals surface area (Å²) in [4.78, 5) is 53.2. The number of aromatic nitrogens is 22. The predicted octanol–water partition coefficient (Wildman–Crippen LogP) is 17.8. The van der Waals surface area contributed by atoms with Crippen LogP contribution < -0.4 is 10.4 Å². The highest BCUT2D eigenvalue weighted by Gasteiger charge is 1.93. The van der Waals surface area contributed by atoms with Gasteiger partial charge in [0.15, 0.2) is 16.9 Å². The second-order valence-corrected chi connectivity index (χ2v) is 24.4. The molecule has 2 N–H and O–H groups in total. The van der Waals surface area contributed by atoms with Crippen molar-refractivity contribution in [2.45, 2.75) is 12.8 Å². The quantitative estimate of drug-likeness (QED) is 0.142. The third-order valence-corrected chi connectivity index (χ3v) is 15.9. The number of para-hydroxylation sites is 3. The van der Waals surface area contributed by atoms with E-state index in [-0.39, 0.29) is 0 Å². The van der Waals surface area contributed by atoms with Crippen LogP contribution in [0.4, 0.5) is 0 Å². The third-order valence-electron chi connectivity index (χ3n) is 13.9. The molecule has 0 atom stereocenters. The van der Waals surface area contributed by atoms with Crippen molar-refractivity contribution in [3.05, 3.63) is 436 Å². The van der Waals surface area contributed by atoms with E-state index in [1.165, 1.54) is 38.6 Å². The van der Waals surface area contributed by atoms with Crippen molar-refractivity contribution in [3.8, 4) is 0 Å². The van der Waals surface area contributed by atoms with Crippen LogP contribution in [0.25, 0.3) is 61.1 Å². The molecule has 1 aliphatic carbocycles. The lowest BCUT2D eigenvalue weighted by atomic mass is 10.3. The number of thiophene rings is 1. The maximum atomic E-state index is 4.58. The monoisotopic (exact) mass is 1600 g/mol. The summed E-state index contributed by atoms with van der Waals surface area (Å²) >= 11 is 4.99. The lowest BCUT2D eigenvalue weighted by molar-refractivity contribution is 0.420. The van der Waals surface area contributed by atoms with Gasteiger partial charge >= 0.3 is 0 Å². The number of rotatable bonds is 0. The summed E-state index contributed by atoms with van der Waals surface area (Å²) in [6.07, 6.45) is 67.7. The van der Waals surface area contributed by atoms with E-state index in [4.69, 9.17) is 0 Å². The van der Waals surface area contributed by atoms with Crippen molar-refractivity contribution in [3.63, 3.8) is 0 Å². The van der Waals surface area contributed by atoms with E-state index in [1.54, 1.807) is 203 Å². The Morgan fingerprint density at radius 3 is 1.62 bits per heavy atom. The van der Waals surface area contributed by atoms with Gasteiger partial charge in [-0.05, 0) is 136 Å². The summed E-state index contributed by atoms with van der Waals surface area (Å²) in [6, 6.07) is 62.9. The number of nitrogens with one attached hydrogen (secondary N) is 2. The van der Waals surface area contributed by atoms with E-state index < -0.39 is 0 Å². The number of furan rings is 1. The topological polar surface area (TPSA) is 315 Å². The number of allylic oxidation sites excluding steroid dienone is 2. The van der Waals surface area contributed by atoms with Crippen molar-refractivity contribution in [1.29, 1.82) is 0 Å². The smallest absolute Gasteiger partial charge is 0.155 e. The minimum Gasteiger partial charge on any atom is -0.473 e. The second kappa shape index (κ2) is 59.3. The number of imidazole rings is 2. The van der Waals surface area contributed by atoms with E-state index in [0.29, 0.717) is 0 Å². The lowest BCUT2D eigenvalue weighted by Crippen LogP contribution is -2.19. The molecule has 21 aromatic rings. The average molecular weight is 1600 g/mol. The number of pyridine rings is 1. The number of aromatic amines is 2. The standard InChI is InChI=1S/C9H8.C8H7N.C7H6N2.C7H5NS.3C6H5N3.C5H5N.3C4H4N2.2C4H5N.C4H4O.C4H4S.C3H3NO.C3H3NS/c1-2-5-9-7-3-6-8(9)4-1;1-2-4-8-7(3-1)5-6-9-8;1-2-4-7-6(3-1)5-8-9-7;1-2-4-7-6(3-1)8-5-9-7;1-3-9-4-2-8-6(9)5-7-1;1-3-7-6-2-4-8-9(6)5-1;1-2-6-7-4-5-9(6)8-3-1;1-2-4-6-5-3-1;1-2-6-4-3-5-1;1-2-5-4-6-3-1;1-2-4-6-5-3-1;5*1-2-4-5-3-1;1-2-5-3-4-1/h1-2,4-7H,3H2;1-6,9H;1-5H,(H,8,9);4*1-5H;1-5H;3*1-4H;1,3-4H,2H2;1-3H,4H2;2*1-4H;2*1-3H. The SMILES string of the molecule is C1=CCN=C1.C1=CN=CC1.C1=c2ccccc2=CC1.c1ccc2[nH]ccc2c1.c1ccc2[nH]ncc2c1.c1ccc2scnc2c1.c1ccncc1.c1ccnnc1.c1ccoc1.c1ccsc1.c1cn2ccnc2cn1.c1cnc2ccnn2c1.c1cnccn1.c1cncnc1.c1cnn2ccnc2c1.c1cnoc1.c1cscn1. The Hall–Kier alpha value is -15.6. The normalized spacial score (nSPS) is 10.3. The Morgan fingerprint density at radius 2 is 1.09 bits per heavy atom. The molecule has 0 bridgehead atoms. The maximum absolute atomic E-state index is 4.58. The fourth-order valence-electron chi connectivity index (χ4n) is 8.66. The molecule has 29 heteroatoms. The molecule has 0 unspecified atom stereocenters. The van der Waals surface area contributed by atoms with Crippen LogP contribution in [0.3, 0.4) is 0 Å². The van der Waals surface area contributed by atoms with E-state index in [9.17, 15) is 0 Å². The number of nitrogens with zero attached hydrogens (tertiary/aromatic N) is 22. The molecule has 3 aliphatic rings. The second-order valence-electron chi connectivity index (χ2n) is 22.0. The number of H-pyrrole nitrogens is 2. The lowest BCUT2D eigenvalue weighted by Gasteiger charge is -1.86. The fourth-order valence-corrected chi connectivity index (χ4v) is 10.1. The summed E-state index contributed by atoms with van der Waals surface area (Å²) in [5.74, 6) is 0. The maximum Gasteiger partial charge on any atom is 0.155 e. The van der Waals surface area contributed by atoms with Crippen molar-refractivity contribution in [2.24, 2.45) is 9.98 Å². The summed E-state index contributed by atoms with van der Waals surface area (Å²) < 4.78 is 15.5. The molecule has 24 rings (SSSR count). The van der Waals surface area contributed by atoms with Gasteiger partial charge in [0.1, 0.15) is 12.6 Å². The molecule has 17 aromatic heterocycles. The summed E-state index contributed by atoms with van der Waals surface area (Å²) in [6.45, 7) is 0.889. The fraction of sp³-hybridized carbons (Fsp3) is 0.0341. The first-order valence-electron chi connectivity index (χ1n) is 35.8. The summed E-state index contributed by atoms with van der Waals surface area (Å²) in [5, 5.41) is 36.4. The highest BCUT2D eigenvalue weighted by Crippen LogP contribution is 2.16. The molecule has 2 aliphatic heterocycles. The van der Waals surface area contributed by atoms with E-state index in [2.05, 4.69) is 175 Å². The van der Waals surface area contributed by atoms with Crippen molar-refractivity contribution >= 4 is 108 Å². The van der Waals surface area contributed by atoms with Gasteiger partial charge < -0.3 is 18.3 Å². The van der Waals surface area contributed by atoms with Gasteiger partial charge in [0.25, 0.3) is 0 Å². The van der Waals surface area contributed by atoms with Gasteiger partial charge in [-0.15, -0.1) is 22.7 Å². The Balaban J connectivity index is 0.000000156. The molecule has 0 fully saturated rings. The predicted molar refractivity (Wildman–Crippen MR) is 469 cm³/mol. The highest BCUT2D eigenvalue weighted by molar-refractivity contribution is 7.16. The van der Waals surface area contributed by atoms with Gasteiger partial charge in [0.05, 0.1) is 70.6 Å². The first-order valence-corrected chi connectivity index (χ1v) is 38.6. The Kier molecular flexibility index (Phi) is 44.1. The molecule has 117 heavy (non-hydrogen) atoms. The van der Waals surface area contributed by atoms with Crippen LogP contribution in [0.1, 0.15) is 12.8 Å². The minimum atomic E-state index is 0.887. The molecule has 0 saturated carbocycles. The first kappa shape index (κ1) is 87.0. The molecule has 4 aromatic carbocycles. The van der Waals surface area contributed by atoms with Gasteiger partial charge in [-0.25, -0.2) is 38.9 Å². The van der Waals surface area contributed by atoms with Gasteiger partial charge in [-0.2, -0.15) is 36.8 Å². The first-order chi connectivity index (χ1) is 58.3. The van der Waals surface area contributed by atoms with E-state index in [1.807, 2.05) is 221 Å². The van der Waals surface area contributed by atoms with Crippen LogP contribution in [0.2, 0.25) is 0 Å². The van der Waals surface area contributed by atoms with Gasteiger partial charge in [0, 0.05) is 178 Å². The molecule has 19 heterocycles. The number of benzene rings is 4. The molecule has 26 nitrogen and oxygen atoms in total. The number of hydrogen-bond donors (Lipinski definition) is 2. The van der Waals surface area contributed by atoms with Gasteiger partial charge in [-0.1, -0.05) is 120 Å². The van der Waals surface area contributed by atoms with Crippen LogP contribution in [0.5, 0.6) is 0 Å². The van der Waals surface area contributed by atoms with Crippen LogP contribution in [-0.4, -0.2) is 128 Å². The van der Waals surface area contributed by atoms with Crippen LogP contribution in [0, 0.1) is 0 Å². The Labute approximate surface area is 686 Å². The molecular formula is C88H82N24O2S3. The zero-order valence-corrected chi connectivity index (χ0v) is 65.7. The number of fused-ring (bicyclic) bond motifs is 7. The largest absolute Gasteiger partial charge is 0.473 e. The zero-order chi connectivity index (χ0) is 80.9. The highest BCUT2D eigenvalue weighted by atomic mass is 32.1. The van der Waals surface area contributed by atoms with E-state index in [0.717, 1.165) is 52.7 Å².